The van der Waals surface area contributed by atoms with Gasteiger partial charge in [-0.1, -0.05) is 50.5 Å². The highest BCUT2D eigenvalue weighted by Gasteiger charge is 2.25. The van der Waals surface area contributed by atoms with Crippen LogP contribution in [-0.4, -0.2) is 45.7 Å². The molecule has 4 N–H and O–H groups in total. The van der Waals surface area contributed by atoms with Crippen LogP contribution in [0.25, 0.3) is 10.8 Å². The zero-order valence-electron chi connectivity index (χ0n) is 18.0. The van der Waals surface area contributed by atoms with Crippen molar-refractivity contribution in [2.75, 3.05) is 19.0 Å². The van der Waals surface area contributed by atoms with Crippen molar-refractivity contribution in [3.05, 3.63) is 36.4 Å². The topological polar surface area (TPSA) is 113 Å². The molecule has 0 bridgehead atoms. The number of aliphatic carboxylic acids is 1. The third kappa shape index (κ3) is 6.17. The molecule has 0 spiro atoms. The van der Waals surface area contributed by atoms with Gasteiger partial charge in [0.05, 0.1) is 4.90 Å². The van der Waals surface area contributed by atoms with E-state index in [1.54, 1.807) is 25.1 Å². The molecule has 1 aliphatic carbocycles. The number of carboxylic acid groups (broad SMARTS) is 1. The van der Waals surface area contributed by atoms with Gasteiger partial charge in [-0.05, 0) is 31.4 Å². The Bertz CT molecular complexity index is 954. The van der Waals surface area contributed by atoms with Crippen LogP contribution in [0.2, 0.25) is 0 Å². The van der Waals surface area contributed by atoms with Gasteiger partial charge in [0.1, 0.15) is 6.04 Å². The number of fused-ring (bicyclic) bond motifs is 1. The number of nitrogens with two attached hydrogens (primary N) is 1. The average Bonchev–Trinajstić information content (AvgIpc) is 2.71. The summed E-state index contributed by atoms with van der Waals surface area (Å²) in [6.07, 6.45) is 6.83. The summed E-state index contributed by atoms with van der Waals surface area (Å²) in [4.78, 5) is 13.1. The van der Waals surface area contributed by atoms with Crippen LogP contribution < -0.4 is 15.4 Å². The van der Waals surface area contributed by atoms with Gasteiger partial charge >= 0.3 is 5.97 Å². The molecule has 1 unspecified atom stereocenters. The van der Waals surface area contributed by atoms with Gasteiger partial charge < -0.3 is 15.7 Å². The van der Waals surface area contributed by atoms with E-state index >= 15 is 0 Å². The van der Waals surface area contributed by atoms with Gasteiger partial charge in [0.2, 0.25) is 10.0 Å². The van der Waals surface area contributed by atoms with Crippen molar-refractivity contribution in [3.8, 4) is 0 Å². The predicted molar refractivity (Wildman–Crippen MR) is 121 cm³/mol. The van der Waals surface area contributed by atoms with Crippen molar-refractivity contribution >= 4 is 32.5 Å². The van der Waals surface area contributed by atoms with E-state index in [1.165, 1.54) is 38.2 Å². The molecule has 0 radical (unpaired) electrons. The van der Waals surface area contributed by atoms with Gasteiger partial charge in [-0.3, -0.25) is 4.79 Å². The number of benzene rings is 2. The van der Waals surface area contributed by atoms with Gasteiger partial charge in [-0.2, -0.15) is 4.72 Å². The number of carboxylic acids is 1. The minimum Gasteiger partial charge on any atom is -0.480 e. The fraction of sp³-hybridized carbons (Fsp3) is 0.500. The van der Waals surface area contributed by atoms with E-state index in [0.717, 1.165) is 11.1 Å². The minimum atomic E-state index is -3.94. The Balaban J connectivity index is 0.000000386. The first-order valence-electron chi connectivity index (χ1n) is 10.4. The first-order chi connectivity index (χ1) is 14.2. The zero-order chi connectivity index (χ0) is 22.3. The van der Waals surface area contributed by atoms with E-state index in [-0.39, 0.29) is 11.3 Å². The van der Waals surface area contributed by atoms with Crippen molar-refractivity contribution < 1.29 is 18.3 Å². The summed E-state index contributed by atoms with van der Waals surface area (Å²) < 4.78 is 27.5. The highest BCUT2D eigenvalue weighted by molar-refractivity contribution is 7.89. The van der Waals surface area contributed by atoms with Gasteiger partial charge in [0, 0.05) is 36.6 Å². The summed E-state index contributed by atoms with van der Waals surface area (Å²) in [5, 5.41) is 10.4. The molecule has 7 nitrogen and oxygen atoms in total. The lowest BCUT2D eigenvalue weighted by Crippen LogP contribution is -2.40. The Morgan fingerprint density at radius 2 is 1.73 bits per heavy atom. The first kappa shape index (κ1) is 24.1. The number of sulfonamides is 1. The SMILES string of the molecule is CCC(NS(=O)(=O)c1cccc2c(N(C)C)cccc12)C(=O)O.NC1CCCCC1. The normalized spacial score (nSPS) is 15.9. The van der Waals surface area contributed by atoms with Crippen molar-refractivity contribution in [1.82, 2.24) is 4.72 Å². The molecule has 0 aromatic heterocycles. The second-order valence-corrected chi connectivity index (χ2v) is 9.52. The van der Waals surface area contributed by atoms with Gasteiger partial charge in [0.15, 0.2) is 0 Å². The molecule has 1 atom stereocenters. The summed E-state index contributed by atoms with van der Waals surface area (Å²) in [5.41, 5.74) is 6.53. The Labute approximate surface area is 179 Å². The third-order valence-electron chi connectivity index (χ3n) is 5.28. The molecule has 3 rings (SSSR count). The molecule has 0 aliphatic heterocycles. The number of carbonyl (C=O) groups is 1. The molecule has 1 fully saturated rings. The van der Waals surface area contributed by atoms with E-state index in [0.29, 0.717) is 11.4 Å². The van der Waals surface area contributed by atoms with E-state index in [9.17, 15) is 13.2 Å². The average molecular weight is 436 g/mol. The van der Waals surface area contributed by atoms with Crippen LogP contribution in [0.15, 0.2) is 41.3 Å². The number of rotatable bonds is 6. The van der Waals surface area contributed by atoms with E-state index < -0.39 is 22.0 Å². The Morgan fingerprint density at radius 1 is 1.13 bits per heavy atom. The number of anilines is 1. The second kappa shape index (κ2) is 10.7. The molecule has 1 saturated carbocycles. The Morgan fingerprint density at radius 3 is 2.23 bits per heavy atom. The van der Waals surface area contributed by atoms with Crippen molar-refractivity contribution in [1.29, 1.82) is 0 Å². The lowest BCUT2D eigenvalue weighted by Gasteiger charge is -2.18. The number of nitrogens with zero attached hydrogens (tertiary/aromatic N) is 1. The van der Waals surface area contributed by atoms with Crippen LogP contribution in [0.1, 0.15) is 45.4 Å². The molecule has 2 aromatic carbocycles. The van der Waals surface area contributed by atoms with Crippen LogP contribution in [0, 0.1) is 0 Å². The van der Waals surface area contributed by atoms with Crippen LogP contribution in [0.3, 0.4) is 0 Å². The smallest absolute Gasteiger partial charge is 0.321 e. The molecule has 0 amide bonds. The molecular weight excluding hydrogens is 402 g/mol. The lowest BCUT2D eigenvalue weighted by atomic mass is 9.97. The van der Waals surface area contributed by atoms with Gasteiger partial charge in [-0.15, -0.1) is 0 Å². The molecule has 2 aromatic rings. The van der Waals surface area contributed by atoms with Crippen LogP contribution >= 0.6 is 0 Å². The summed E-state index contributed by atoms with van der Waals surface area (Å²) in [7, 11) is -0.174. The highest BCUT2D eigenvalue weighted by Crippen LogP contribution is 2.30. The molecule has 8 heteroatoms. The van der Waals surface area contributed by atoms with Crippen molar-refractivity contribution in [2.45, 2.75) is 62.4 Å². The van der Waals surface area contributed by atoms with Crippen LogP contribution in [0.4, 0.5) is 5.69 Å². The molecule has 0 saturated heterocycles. The maximum atomic E-state index is 12.6. The van der Waals surface area contributed by atoms with Gasteiger partial charge in [-0.25, -0.2) is 8.42 Å². The quantitative estimate of drug-likeness (QED) is 0.641. The fourth-order valence-electron chi connectivity index (χ4n) is 3.58. The monoisotopic (exact) mass is 435 g/mol. The largest absolute Gasteiger partial charge is 0.480 e. The first-order valence-corrected chi connectivity index (χ1v) is 11.9. The Hall–Kier alpha value is -2.16. The van der Waals surface area contributed by atoms with Crippen molar-refractivity contribution in [2.24, 2.45) is 5.73 Å². The fourth-order valence-corrected chi connectivity index (χ4v) is 5.08. The summed E-state index contributed by atoms with van der Waals surface area (Å²) in [6, 6.07) is 9.78. The lowest BCUT2D eigenvalue weighted by molar-refractivity contribution is -0.139. The Kier molecular flexibility index (Phi) is 8.64. The van der Waals surface area contributed by atoms with Gasteiger partial charge in [0.25, 0.3) is 0 Å². The highest BCUT2D eigenvalue weighted by atomic mass is 32.2. The van der Waals surface area contributed by atoms with E-state index in [2.05, 4.69) is 4.72 Å². The minimum absolute atomic E-state index is 0.0819. The summed E-state index contributed by atoms with van der Waals surface area (Å²) in [6.45, 7) is 1.62. The zero-order valence-corrected chi connectivity index (χ0v) is 18.8. The summed E-state index contributed by atoms with van der Waals surface area (Å²) >= 11 is 0. The standard InChI is InChI=1S/C16H20N2O4S.C6H13N/c1-4-13(16(19)20)17-23(21,22)15-10-6-7-11-12(15)8-5-9-14(11)18(2)3;7-6-4-2-1-3-5-6/h5-10,13,17H,4H2,1-3H3,(H,19,20);6H,1-5,7H2. The van der Waals surface area contributed by atoms with Crippen LogP contribution in [-0.2, 0) is 14.8 Å². The number of nitrogens with one attached hydrogen (secondary N) is 1. The third-order valence-corrected chi connectivity index (χ3v) is 6.81. The molecule has 30 heavy (non-hydrogen) atoms. The maximum absolute atomic E-state index is 12.6. The van der Waals surface area contributed by atoms with E-state index in [4.69, 9.17) is 10.8 Å². The second-order valence-electron chi connectivity index (χ2n) is 7.84. The van der Waals surface area contributed by atoms with Crippen LogP contribution in [0.5, 0.6) is 0 Å². The number of hydrogen-bond donors (Lipinski definition) is 3. The molecule has 166 valence electrons. The summed E-state index contributed by atoms with van der Waals surface area (Å²) in [5.74, 6) is -1.19. The molecule has 0 heterocycles. The van der Waals surface area contributed by atoms with Crippen molar-refractivity contribution in [3.63, 3.8) is 0 Å². The molecular formula is C22H33N3O4S. The molecule has 1 aliphatic rings. The predicted octanol–water partition coefficient (Wildman–Crippen LogP) is 3.33. The number of hydrogen-bond acceptors (Lipinski definition) is 5. The van der Waals surface area contributed by atoms with E-state index in [1.807, 2.05) is 31.1 Å². The maximum Gasteiger partial charge on any atom is 0.321 e.